The molecule has 0 atom stereocenters. The van der Waals surface area contributed by atoms with Crippen molar-refractivity contribution in [2.75, 3.05) is 0 Å². The molecule has 1 rings (SSSR count). The van der Waals surface area contributed by atoms with E-state index in [0.29, 0.717) is 10.0 Å². The van der Waals surface area contributed by atoms with Gasteiger partial charge in [0.15, 0.2) is 0 Å². The van der Waals surface area contributed by atoms with Crippen molar-refractivity contribution in [2.45, 2.75) is 38.1 Å². The van der Waals surface area contributed by atoms with Gasteiger partial charge in [0, 0.05) is 10.0 Å². The maximum Gasteiger partial charge on any atom is 0.244 e. The van der Waals surface area contributed by atoms with Gasteiger partial charge in [0.2, 0.25) is 10.0 Å². The lowest BCUT2D eigenvalue weighted by Gasteiger charge is -2.21. The third kappa shape index (κ3) is 3.50. The minimum absolute atomic E-state index is 0.304. The zero-order chi connectivity index (χ0) is 13.4. The fourth-order valence-electron chi connectivity index (χ4n) is 1.42. The lowest BCUT2D eigenvalue weighted by atomic mass is 10.1. The molecule has 0 heterocycles. The van der Waals surface area contributed by atoms with Crippen LogP contribution < -0.4 is 4.72 Å². The summed E-state index contributed by atoms with van der Waals surface area (Å²) in [6.45, 7) is 6.67. The molecule has 0 amide bonds. The SMILES string of the molecule is Cc1c(Br)ccc(F)c1S(=O)(=O)NC(C)(C)C. The van der Waals surface area contributed by atoms with Gasteiger partial charge in [-0.1, -0.05) is 15.9 Å². The largest absolute Gasteiger partial charge is 0.244 e. The summed E-state index contributed by atoms with van der Waals surface area (Å²) in [5, 5.41) is 0. The molecule has 6 heteroatoms. The fourth-order valence-corrected chi connectivity index (χ4v) is 3.63. The fraction of sp³-hybridized carbons (Fsp3) is 0.455. The van der Waals surface area contributed by atoms with Crippen molar-refractivity contribution in [2.24, 2.45) is 0 Å². The second-order valence-corrected chi connectivity index (χ2v) is 7.31. The van der Waals surface area contributed by atoms with Gasteiger partial charge in [-0.3, -0.25) is 0 Å². The highest BCUT2D eigenvalue weighted by molar-refractivity contribution is 9.10. The van der Waals surface area contributed by atoms with Gasteiger partial charge >= 0.3 is 0 Å². The average molecular weight is 324 g/mol. The Kier molecular flexibility index (Phi) is 4.01. The van der Waals surface area contributed by atoms with E-state index in [4.69, 9.17) is 0 Å². The Balaban J connectivity index is 3.39. The Bertz CT molecular complexity index is 535. The molecular weight excluding hydrogens is 309 g/mol. The molecule has 0 saturated carbocycles. The van der Waals surface area contributed by atoms with Gasteiger partial charge < -0.3 is 0 Å². The third-order valence-electron chi connectivity index (χ3n) is 2.00. The van der Waals surface area contributed by atoms with Crippen LogP contribution in [0.15, 0.2) is 21.5 Å². The monoisotopic (exact) mass is 323 g/mol. The first-order valence-electron chi connectivity index (χ1n) is 5.03. The van der Waals surface area contributed by atoms with E-state index in [2.05, 4.69) is 20.7 Å². The highest BCUT2D eigenvalue weighted by Gasteiger charge is 2.27. The van der Waals surface area contributed by atoms with Gasteiger partial charge in [-0.25, -0.2) is 17.5 Å². The number of sulfonamides is 1. The van der Waals surface area contributed by atoms with Gasteiger partial charge in [-0.15, -0.1) is 0 Å². The summed E-state index contributed by atoms with van der Waals surface area (Å²) in [7, 11) is -3.86. The van der Waals surface area contributed by atoms with Crippen molar-refractivity contribution in [3.63, 3.8) is 0 Å². The molecule has 0 fully saturated rings. The molecule has 0 aliphatic heterocycles. The number of hydrogen-bond donors (Lipinski definition) is 1. The highest BCUT2D eigenvalue weighted by Crippen LogP contribution is 2.26. The molecule has 0 aliphatic carbocycles. The predicted octanol–water partition coefficient (Wildman–Crippen LogP) is 2.97. The Morgan fingerprint density at radius 3 is 2.29 bits per heavy atom. The lowest BCUT2D eigenvalue weighted by Crippen LogP contribution is -2.41. The van der Waals surface area contributed by atoms with Crippen molar-refractivity contribution >= 4 is 26.0 Å². The minimum atomic E-state index is -3.86. The van der Waals surface area contributed by atoms with Gasteiger partial charge in [-0.2, -0.15) is 0 Å². The molecule has 0 spiro atoms. The van der Waals surface area contributed by atoms with Crippen LogP contribution in [0.4, 0.5) is 4.39 Å². The summed E-state index contributed by atoms with van der Waals surface area (Å²) in [5.74, 6) is -0.748. The normalized spacial score (nSPS) is 12.8. The summed E-state index contributed by atoms with van der Waals surface area (Å²) >= 11 is 3.19. The van der Waals surface area contributed by atoms with E-state index >= 15 is 0 Å². The van der Waals surface area contributed by atoms with Crippen molar-refractivity contribution in [1.82, 2.24) is 4.72 Å². The summed E-state index contributed by atoms with van der Waals surface area (Å²) < 4.78 is 40.8. The number of benzene rings is 1. The quantitative estimate of drug-likeness (QED) is 0.909. The zero-order valence-corrected chi connectivity index (χ0v) is 12.5. The van der Waals surface area contributed by atoms with Crippen molar-refractivity contribution in [3.8, 4) is 0 Å². The molecule has 0 radical (unpaired) electrons. The first-order chi connectivity index (χ1) is 7.54. The van der Waals surface area contributed by atoms with E-state index in [0.717, 1.165) is 6.07 Å². The minimum Gasteiger partial charge on any atom is -0.207 e. The molecule has 0 bridgehead atoms. The number of nitrogens with one attached hydrogen (secondary N) is 1. The Morgan fingerprint density at radius 1 is 1.29 bits per heavy atom. The zero-order valence-electron chi connectivity index (χ0n) is 10.1. The predicted molar refractivity (Wildman–Crippen MR) is 68.9 cm³/mol. The molecule has 1 aromatic carbocycles. The highest BCUT2D eigenvalue weighted by atomic mass is 79.9. The average Bonchev–Trinajstić information content (AvgIpc) is 2.07. The first-order valence-corrected chi connectivity index (χ1v) is 7.31. The van der Waals surface area contributed by atoms with Crippen LogP contribution in [0, 0.1) is 12.7 Å². The van der Waals surface area contributed by atoms with E-state index in [1.54, 1.807) is 27.7 Å². The maximum atomic E-state index is 13.7. The van der Waals surface area contributed by atoms with Gasteiger partial charge in [0.05, 0.1) is 0 Å². The van der Waals surface area contributed by atoms with Crippen LogP contribution in [-0.2, 0) is 10.0 Å². The van der Waals surface area contributed by atoms with Crippen LogP contribution in [0.25, 0.3) is 0 Å². The van der Waals surface area contributed by atoms with Crippen LogP contribution in [-0.4, -0.2) is 14.0 Å². The second kappa shape index (κ2) is 4.66. The van der Waals surface area contributed by atoms with Crippen molar-refractivity contribution in [3.05, 3.63) is 28.0 Å². The van der Waals surface area contributed by atoms with Gasteiger partial charge in [0.1, 0.15) is 10.7 Å². The number of rotatable bonds is 2. The van der Waals surface area contributed by atoms with E-state index in [1.807, 2.05) is 0 Å². The van der Waals surface area contributed by atoms with Gasteiger partial charge in [0.25, 0.3) is 0 Å². The van der Waals surface area contributed by atoms with Crippen LogP contribution in [0.3, 0.4) is 0 Å². The third-order valence-corrected chi connectivity index (χ3v) is 4.78. The molecule has 0 saturated heterocycles. The standard InChI is InChI=1S/C11H15BrFNO2S/c1-7-8(12)5-6-9(13)10(7)17(15,16)14-11(2,3)4/h5-6,14H,1-4H3. The second-order valence-electron chi connectivity index (χ2n) is 4.84. The summed E-state index contributed by atoms with van der Waals surface area (Å²) in [6.07, 6.45) is 0. The lowest BCUT2D eigenvalue weighted by molar-refractivity contribution is 0.485. The van der Waals surface area contributed by atoms with E-state index in [1.165, 1.54) is 6.07 Å². The number of hydrogen-bond acceptors (Lipinski definition) is 2. The Hall–Kier alpha value is -0.460. The van der Waals surface area contributed by atoms with Gasteiger partial charge in [-0.05, 0) is 45.4 Å². The van der Waals surface area contributed by atoms with Crippen molar-refractivity contribution < 1.29 is 12.8 Å². The molecular formula is C11H15BrFNO2S. The number of halogens is 2. The van der Waals surface area contributed by atoms with Crippen molar-refractivity contribution in [1.29, 1.82) is 0 Å². The molecule has 96 valence electrons. The molecule has 1 aromatic rings. The topological polar surface area (TPSA) is 46.2 Å². The first kappa shape index (κ1) is 14.6. The van der Waals surface area contributed by atoms with Crippen LogP contribution in [0.2, 0.25) is 0 Å². The van der Waals surface area contributed by atoms with Crippen LogP contribution in [0.1, 0.15) is 26.3 Å². The van der Waals surface area contributed by atoms with E-state index in [9.17, 15) is 12.8 Å². The summed E-state index contributed by atoms with van der Waals surface area (Å²) in [5.41, 5.74) is -0.290. The molecule has 0 aliphatic rings. The van der Waals surface area contributed by atoms with Crippen LogP contribution in [0.5, 0.6) is 0 Å². The molecule has 0 aromatic heterocycles. The van der Waals surface area contributed by atoms with E-state index in [-0.39, 0.29) is 4.90 Å². The molecule has 0 unspecified atom stereocenters. The summed E-state index contributed by atoms with van der Waals surface area (Å²) in [6, 6.07) is 2.62. The Morgan fingerprint density at radius 2 is 1.82 bits per heavy atom. The molecule has 17 heavy (non-hydrogen) atoms. The van der Waals surface area contributed by atoms with Crippen LogP contribution >= 0.6 is 15.9 Å². The molecule has 1 N–H and O–H groups in total. The Labute approximate surface area is 110 Å². The molecule has 3 nitrogen and oxygen atoms in total. The summed E-state index contributed by atoms with van der Waals surface area (Å²) in [4.78, 5) is -0.304. The van der Waals surface area contributed by atoms with E-state index < -0.39 is 21.4 Å². The smallest absolute Gasteiger partial charge is 0.207 e. The maximum absolute atomic E-state index is 13.7.